The molecule has 0 aromatic heterocycles. The minimum atomic E-state index is 0.00841. The maximum absolute atomic E-state index is 4.22. The summed E-state index contributed by atoms with van der Waals surface area (Å²) in [5.74, 6) is 1.29. The second-order valence-electron chi connectivity index (χ2n) is 14.7. The molecule has 40 heavy (non-hydrogen) atoms. The molecule has 0 radical (unpaired) electrons. The molecule has 0 saturated carbocycles. The van der Waals surface area contributed by atoms with Gasteiger partial charge in [0.15, 0.2) is 0 Å². The number of fused-ring (bicyclic) bond motifs is 6. The fourth-order valence-electron chi connectivity index (χ4n) is 10.7. The molecular formula is C34H48N6. The van der Waals surface area contributed by atoms with Gasteiger partial charge >= 0.3 is 0 Å². The predicted octanol–water partition coefficient (Wildman–Crippen LogP) is 4.45. The van der Waals surface area contributed by atoms with Crippen LogP contribution in [0.4, 0.5) is 11.4 Å². The van der Waals surface area contributed by atoms with Crippen LogP contribution in [0.5, 0.6) is 0 Å². The Morgan fingerprint density at radius 3 is 1.43 bits per heavy atom. The maximum atomic E-state index is 4.22. The molecule has 2 N–H and O–H groups in total. The summed E-state index contributed by atoms with van der Waals surface area (Å²) in [5, 5.41) is 8.44. The van der Waals surface area contributed by atoms with Crippen LogP contribution in [0.15, 0.2) is 48.5 Å². The van der Waals surface area contributed by atoms with Gasteiger partial charge < -0.3 is 20.4 Å². The molecule has 0 aliphatic carbocycles. The Morgan fingerprint density at radius 2 is 1.02 bits per heavy atom. The molecule has 214 valence electrons. The first kappa shape index (κ1) is 25.6. The zero-order valence-corrected chi connectivity index (χ0v) is 25.3. The van der Waals surface area contributed by atoms with E-state index in [4.69, 9.17) is 0 Å². The Bertz CT molecular complexity index is 1210. The van der Waals surface area contributed by atoms with Gasteiger partial charge in [-0.15, -0.1) is 0 Å². The molecule has 2 aromatic carbocycles. The summed E-state index contributed by atoms with van der Waals surface area (Å²) >= 11 is 0. The molecule has 0 amide bonds. The Labute approximate surface area is 241 Å². The number of piperazine rings is 2. The Hall–Kier alpha value is -2.12. The topological polar surface area (TPSA) is 37.0 Å². The van der Waals surface area contributed by atoms with Gasteiger partial charge in [0.25, 0.3) is 0 Å². The molecule has 2 aromatic rings. The molecule has 6 heteroatoms. The number of para-hydroxylation sites is 2. The predicted molar refractivity (Wildman–Crippen MR) is 164 cm³/mol. The molecule has 6 aliphatic heterocycles. The first-order valence-electron chi connectivity index (χ1n) is 15.9. The van der Waals surface area contributed by atoms with Crippen molar-refractivity contribution in [2.45, 2.75) is 87.9 Å². The SMILES string of the molecule is CC(C)[C@H]1CN2C(CN1C)CC13c4ccccc4N[C@@H]1N1C[C@H](C(C)C)N(C)C[C@@H]1CC31c3ccccc3N[C@H]21. The van der Waals surface area contributed by atoms with Gasteiger partial charge in [0, 0.05) is 72.6 Å². The number of benzene rings is 2. The average Bonchev–Trinajstić information content (AvgIpc) is 3.43. The summed E-state index contributed by atoms with van der Waals surface area (Å²) in [6, 6.07) is 21.0. The molecule has 3 unspecified atom stereocenters. The summed E-state index contributed by atoms with van der Waals surface area (Å²) in [6.45, 7) is 14.2. The van der Waals surface area contributed by atoms with E-state index in [1.807, 2.05) is 0 Å². The van der Waals surface area contributed by atoms with E-state index in [0.717, 1.165) is 26.2 Å². The van der Waals surface area contributed by atoms with Crippen LogP contribution in [0.25, 0.3) is 0 Å². The van der Waals surface area contributed by atoms with Crippen molar-refractivity contribution < 1.29 is 0 Å². The van der Waals surface area contributed by atoms with Crippen molar-refractivity contribution in [3.8, 4) is 0 Å². The van der Waals surface area contributed by atoms with Crippen molar-refractivity contribution in [1.29, 1.82) is 0 Å². The summed E-state index contributed by atoms with van der Waals surface area (Å²) in [7, 11) is 4.75. The van der Waals surface area contributed by atoms with Crippen LogP contribution in [0, 0.1) is 11.8 Å². The van der Waals surface area contributed by atoms with Gasteiger partial charge in [0.05, 0.1) is 12.3 Å². The highest BCUT2D eigenvalue weighted by molar-refractivity contribution is 5.72. The molecule has 2 spiro atoms. The van der Waals surface area contributed by atoms with E-state index in [2.05, 4.69) is 121 Å². The van der Waals surface area contributed by atoms with E-state index in [1.54, 1.807) is 11.1 Å². The third-order valence-electron chi connectivity index (χ3n) is 12.3. The van der Waals surface area contributed by atoms with Crippen molar-refractivity contribution in [2.75, 3.05) is 50.9 Å². The lowest BCUT2D eigenvalue weighted by molar-refractivity contribution is -0.149. The highest BCUT2D eigenvalue weighted by Gasteiger charge is 2.75. The van der Waals surface area contributed by atoms with Crippen molar-refractivity contribution in [3.63, 3.8) is 0 Å². The summed E-state index contributed by atoms with van der Waals surface area (Å²) < 4.78 is 0. The van der Waals surface area contributed by atoms with Gasteiger partial charge in [0.2, 0.25) is 0 Å². The van der Waals surface area contributed by atoms with E-state index in [-0.39, 0.29) is 10.8 Å². The highest BCUT2D eigenvalue weighted by Crippen LogP contribution is 2.68. The second-order valence-corrected chi connectivity index (χ2v) is 14.7. The average molecular weight is 541 g/mol. The fraction of sp³-hybridized carbons (Fsp3) is 0.647. The first-order chi connectivity index (χ1) is 19.3. The second kappa shape index (κ2) is 8.70. The minimum Gasteiger partial charge on any atom is -0.369 e. The first-order valence-corrected chi connectivity index (χ1v) is 15.9. The molecule has 4 fully saturated rings. The molecule has 6 nitrogen and oxygen atoms in total. The van der Waals surface area contributed by atoms with Crippen LogP contribution >= 0.6 is 0 Å². The van der Waals surface area contributed by atoms with E-state index in [9.17, 15) is 0 Å². The third-order valence-corrected chi connectivity index (χ3v) is 12.3. The van der Waals surface area contributed by atoms with Crippen LogP contribution in [0.3, 0.4) is 0 Å². The Kier molecular flexibility index (Phi) is 5.56. The molecule has 6 aliphatic rings. The van der Waals surface area contributed by atoms with Crippen LogP contribution < -0.4 is 10.6 Å². The zero-order valence-electron chi connectivity index (χ0n) is 25.3. The maximum Gasteiger partial charge on any atom is 0.0907 e. The molecule has 8 atom stereocenters. The quantitative estimate of drug-likeness (QED) is 0.586. The van der Waals surface area contributed by atoms with Crippen LogP contribution in [0.2, 0.25) is 0 Å². The summed E-state index contributed by atoms with van der Waals surface area (Å²) in [5.41, 5.74) is 5.88. The zero-order chi connectivity index (χ0) is 27.6. The lowest BCUT2D eigenvalue weighted by Gasteiger charge is -2.70. The Balaban J connectivity index is 1.36. The van der Waals surface area contributed by atoms with Crippen LogP contribution in [-0.4, -0.2) is 96.4 Å². The van der Waals surface area contributed by atoms with Gasteiger partial charge in [-0.3, -0.25) is 9.80 Å². The molecule has 8 rings (SSSR count). The third kappa shape index (κ3) is 3.09. The van der Waals surface area contributed by atoms with E-state index < -0.39 is 0 Å². The smallest absolute Gasteiger partial charge is 0.0907 e. The molecule has 4 saturated heterocycles. The molecule has 0 bridgehead atoms. The van der Waals surface area contributed by atoms with Crippen molar-refractivity contribution in [2.24, 2.45) is 11.8 Å². The van der Waals surface area contributed by atoms with Crippen molar-refractivity contribution >= 4 is 11.4 Å². The van der Waals surface area contributed by atoms with Gasteiger partial charge in [-0.25, -0.2) is 0 Å². The number of nitrogens with one attached hydrogen (secondary N) is 2. The Morgan fingerprint density at radius 1 is 0.625 bits per heavy atom. The molecular weight excluding hydrogens is 492 g/mol. The monoisotopic (exact) mass is 540 g/mol. The number of piperidine rings is 2. The summed E-state index contributed by atoms with van der Waals surface area (Å²) in [4.78, 5) is 11.2. The lowest BCUT2D eigenvalue weighted by Crippen LogP contribution is -2.82. The van der Waals surface area contributed by atoms with Gasteiger partial charge in [-0.1, -0.05) is 64.1 Å². The lowest BCUT2D eigenvalue weighted by atomic mass is 9.47. The van der Waals surface area contributed by atoms with Crippen LogP contribution in [-0.2, 0) is 10.8 Å². The number of rotatable bonds is 2. The number of hydrogen-bond donors (Lipinski definition) is 2. The van der Waals surface area contributed by atoms with Crippen molar-refractivity contribution in [3.05, 3.63) is 59.7 Å². The fourth-order valence-corrected chi connectivity index (χ4v) is 10.7. The van der Waals surface area contributed by atoms with Gasteiger partial charge in [-0.05, 0) is 62.0 Å². The van der Waals surface area contributed by atoms with Gasteiger partial charge in [0.1, 0.15) is 0 Å². The van der Waals surface area contributed by atoms with Gasteiger partial charge in [-0.2, -0.15) is 0 Å². The normalized spacial score (nSPS) is 40.8. The van der Waals surface area contributed by atoms with E-state index in [0.29, 0.717) is 48.3 Å². The van der Waals surface area contributed by atoms with Crippen molar-refractivity contribution in [1.82, 2.24) is 19.6 Å². The molecule has 6 heterocycles. The number of anilines is 2. The highest BCUT2D eigenvalue weighted by atomic mass is 15.4. The standard InChI is InChI=1S/C34H48N6/c1-21(2)29-19-39-23(17-37(29)5)15-34-26-12-8-10-14-28(26)36-32(34)40-20-30(22(3)4)38(6)18-24(40)16-33(34)25-11-7-9-13-27(25)35-31(33)39/h7-14,21-24,29-32,35-36H,15-20H2,1-6H3/t23-,24?,29+,30+,31+,32+,33?,34?/m0/s1. The number of hydrogen-bond acceptors (Lipinski definition) is 6. The van der Waals surface area contributed by atoms with E-state index >= 15 is 0 Å². The van der Waals surface area contributed by atoms with E-state index in [1.165, 1.54) is 24.2 Å². The number of nitrogens with zero attached hydrogens (tertiary/aromatic N) is 4. The largest absolute Gasteiger partial charge is 0.369 e. The summed E-state index contributed by atoms with van der Waals surface area (Å²) in [6.07, 6.45) is 3.03. The number of likely N-dealkylation sites (N-methyl/N-ethyl adjacent to an activating group) is 2. The minimum absolute atomic E-state index is 0.00841. The van der Waals surface area contributed by atoms with Crippen LogP contribution in [0.1, 0.15) is 51.7 Å².